The summed E-state index contributed by atoms with van der Waals surface area (Å²) in [4.78, 5) is 22.8. The molecule has 1 aliphatic rings. The zero-order chi connectivity index (χ0) is 11.9. The third-order valence-corrected chi connectivity index (χ3v) is 3.39. The molecule has 4 heteroatoms. The number of esters is 2. The van der Waals surface area contributed by atoms with Crippen LogP contribution in [0.15, 0.2) is 12.7 Å². The summed E-state index contributed by atoms with van der Waals surface area (Å²) in [6.45, 7) is 10.3. The smallest absolute Gasteiger partial charge is 0.351 e. The Kier molecular flexibility index (Phi) is 2.63. The minimum absolute atomic E-state index is 0.285. The van der Waals surface area contributed by atoms with Crippen LogP contribution in [0, 0.1) is 5.41 Å². The second kappa shape index (κ2) is 3.36. The second-order valence-electron chi connectivity index (χ2n) is 4.43. The molecule has 0 aromatic heterocycles. The van der Waals surface area contributed by atoms with Crippen LogP contribution in [0.2, 0.25) is 0 Å². The summed E-state index contributed by atoms with van der Waals surface area (Å²) < 4.78 is 10.2. The topological polar surface area (TPSA) is 52.6 Å². The standard InChI is InChI=1S/C11H16O4/c1-6-8(12)15-11(5)9(13)14-7(2)10(11,3)4/h6-7H,1H2,2-5H3. The minimum Gasteiger partial charge on any atom is -0.459 e. The highest BCUT2D eigenvalue weighted by molar-refractivity contribution is 5.89. The molecule has 2 atom stereocenters. The number of ether oxygens (including phenoxy) is 2. The molecule has 1 heterocycles. The largest absolute Gasteiger partial charge is 0.459 e. The van der Waals surface area contributed by atoms with Crippen LogP contribution in [0.25, 0.3) is 0 Å². The first-order valence-electron chi connectivity index (χ1n) is 4.82. The van der Waals surface area contributed by atoms with Gasteiger partial charge in [0.25, 0.3) is 0 Å². The average molecular weight is 212 g/mol. The molecule has 15 heavy (non-hydrogen) atoms. The van der Waals surface area contributed by atoms with E-state index in [2.05, 4.69) is 6.58 Å². The Morgan fingerprint density at radius 2 is 2.07 bits per heavy atom. The molecule has 1 saturated heterocycles. The number of carbonyl (C=O) groups is 2. The van der Waals surface area contributed by atoms with E-state index in [9.17, 15) is 9.59 Å². The van der Waals surface area contributed by atoms with Crippen molar-refractivity contribution in [3.63, 3.8) is 0 Å². The molecule has 1 rings (SSSR count). The van der Waals surface area contributed by atoms with Crippen molar-refractivity contribution in [2.45, 2.75) is 39.4 Å². The lowest BCUT2D eigenvalue weighted by atomic mass is 9.74. The molecule has 0 aliphatic carbocycles. The van der Waals surface area contributed by atoms with Crippen LogP contribution in [-0.2, 0) is 19.1 Å². The fourth-order valence-electron chi connectivity index (χ4n) is 1.49. The Labute approximate surface area is 89.2 Å². The molecule has 0 amide bonds. The van der Waals surface area contributed by atoms with Crippen molar-refractivity contribution in [3.8, 4) is 0 Å². The summed E-state index contributed by atoms with van der Waals surface area (Å²) in [6, 6.07) is 0. The van der Waals surface area contributed by atoms with Crippen molar-refractivity contribution in [2.75, 3.05) is 0 Å². The Bertz CT molecular complexity index is 319. The van der Waals surface area contributed by atoms with Gasteiger partial charge in [-0.05, 0) is 13.8 Å². The zero-order valence-corrected chi connectivity index (χ0v) is 9.49. The van der Waals surface area contributed by atoms with Crippen LogP contribution < -0.4 is 0 Å². The van der Waals surface area contributed by atoms with Gasteiger partial charge in [0.1, 0.15) is 6.10 Å². The van der Waals surface area contributed by atoms with Crippen molar-refractivity contribution in [2.24, 2.45) is 5.41 Å². The predicted molar refractivity (Wildman–Crippen MR) is 54.0 cm³/mol. The van der Waals surface area contributed by atoms with Crippen LogP contribution in [0.5, 0.6) is 0 Å². The molecule has 0 bridgehead atoms. The van der Waals surface area contributed by atoms with Crippen molar-refractivity contribution in [3.05, 3.63) is 12.7 Å². The summed E-state index contributed by atoms with van der Waals surface area (Å²) in [7, 11) is 0. The Balaban J connectivity index is 3.04. The van der Waals surface area contributed by atoms with Gasteiger partial charge in [-0.15, -0.1) is 0 Å². The van der Waals surface area contributed by atoms with E-state index >= 15 is 0 Å². The molecule has 0 spiro atoms. The quantitative estimate of drug-likeness (QED) is 0.513. The highest BCUT2D eigenvalue weighted by Gasteiger charge is 2.61. The molecular weight excluding hydrogens is 196 g/mol. The summed E-state index contributed by atoms with van der Waals surface area (Å²) in [5.74, 6) is -1.12. The predicted octanol–water partition coefficient (Wildman–Crippen LogP) is 1.45. The molecule has 0 aromatic rings. The molecule has 1 aliphatic heterocycles. The maximum absolute atomic E-state index is 11.6. The van der Waals surface area contributed by atoms with Gasteiger partial charge in [0.05, 0.1) is 5.41 Å². The van der Waals surface area contributed by atoms with E-state index in [1.807, 2.05) is 13.8 Å². The van der Waals surface area contributed by atoms with Crippen molar-refractivity contribution < 1.29 is 19.1 Å². The Hall–Kier alpha value is -1.32. The van der Waals surface area contributed by atoms with Gasteiger partial charge in [-0.2, -0.15) is 0 Å². The number of carbonyl (C=O) groups excluding carboxylic acids is 2. The van der Waals surface area contributed by atoms with Crippen LogP contribution in [0.4, 0.5) is 0 Å². The number of cyclic esters (lactones) is 1. The normalized spacial score (nSPS) is 33.3. The van der Waals surface area contributed by atoms with Crippen LogP contribution in [0.1, 0.15) is 27.7 Å². The van der Waals surface area contributed by atoms with Crippen molar-refractivity contribution >= 4 is 11.9 Å². The van der Waals surface area contributed by atoms with Crippen molar-refractivity contribution in [1.82, 2.24) is 0 Å². The lowest BCUT2D eigenvalue weighted by Crippen LogP contribution is -2.48. The zero-order valence-electron chi connectivity index (χ0n) is 9.49. The molecule has 84 valence electrons. The van der Waals surface area contributed by atoms with Gasteiger partial charge < -0.3 is 9.47 Å². The van der Waals surface area contributed by atoms with Gasteiger partial charge in [0.2, 0.25) is 5.60 Å². The van der Waals surface area contributed by atoms with Crippen molar-refractivity contribution in [1.29, 1.82) is 0 Å². The number of rotatable bonds is 2. The van der Waals surface area contributed by atoms with E-state index in [4.69, 9.17) is 9.47 Å². The molecule has 0 radical (unpaired) electrons. The molecule has 0 saturated carbocycles. The average Bonchev–Trinajstić information content (AvgIpc) is 2.28. The van der Waals surface area contributed by atoms with Gasteiger partial charge in [0.15, 0.2) is 0 Å². The van der Waals surface area contributed by atoms with Gasteiger partial charge in [-0.1, -0.05) is 20.4 Å². The lowest BCUT2D eigenvalue weighted by Gasteiger charge is -2.34. The first-order valence-corrected chi connectivity index (χ1v) is 4.82. The van der Waals surface area contributed by atoms with Gasteiger partial charge in [0, 0.05) is 6.08 Å². The third-order valence-electron chi connectivity index (χ3n) is 3.39. The van der Waals surface area contributed by atoms with E-state index in [1.54, 1.807) is 13.8 Å². The van der Waals surface area contributed by atoms with E-state index in [-0.39, 0.29) is 6.10 Å². The first-order chi connectivity index (χ1) is 6.75. The Morgan fingerprint density at radius 3 is 2.40 bits per heavy atom. The summed E-state index contributed by atoms with van der Waals surface area (Å²) >= 11 is 0. The number of hydrogen-bond donors (Lipinski definition) is 0. The van der Waals surface area contributed by atoms with Crippen LogP contribution in [0.3, 0.4) is 0 Å². The molecule has 0 aromatic carbocycles. The fraction of sp³-hybridized carbons (Fsp3) is 0.636. The molecule has 0 N–H and O–H groups in total. The van der Waals surface area contributed by atoms with Crippen LogP contribution >= 0.6 is 0 Å². The first kappa shape index (κ1) is 11.8. The minimum atomic E-state index is -1.24. The second-order valence-corrected chi connectivity index (χ2v) is 4.43. The summed E-state index contributed by atoms with van der Waals surface area (Å²) in [6.07, 6.45) is 0.755. The molecule has 1 fully saturated rings. The molecule has 2 unspecified atom stereocenters. The van der Waals surface area contributed by atoms with Gasteiger partial charge in [-0.3, -0.25) is 0 Å². The summed E-state index contributed by atoms with van der Waals surface area (Å²) in [5, 5.41) is 0. The maximum Gasteiger partial charge on any atom is 0.351 e. The van der Waals surface area contributed by atoms with E-state index in [0.29, 0.717) is 0 Å². The van der Waals surface area contributed by atoms with E-state index in [1.165, 1.54) is 0 Å². The van der Waals surface area contributed by atoms with Gasteiger partial charge in [-0.25, -0.2) is 9.59 Å². The molecular formula is C11H16O4. The van der Waals surface area contributed by atoms with Gasteiger partial charge >= 0.3 is 11.9 Å². The highest BCUT2D eigenvalue weighted by atomic mass is 16.6. The fourth-order valence-corrected chi connectivity index (χ4v) is 1.49. The monoisotopic (exact) mass is 212 g/mol. The third kappa shape index (κ3) is 1.54. The SMILES string of the molecule is C=CC(=O)OC1(C)C(=O)OC(C)C1(C)C. The van der Waals surface area contributed by atoms with E-state index < -0.39 is 23.0 Å². The Morgan fingerprint density at radius 1 is 1.53 bits per heavy atom. The molecule has 4 nitrogen and oxygen atoms in total. The summed E-state index contributed by atoms with van der Waals surface area (Å²) in [5.41, 5.74) is -1.79. The number of hydrogen-bond acceptors (Lipinski definition) is 4. The highest BCUT2D eigenvalue weighted by Crippen LogP contribution is 2.45. The lowest BCUT2D eigenvalue weighted by molar-refractivity contribution is -0.173. The maximum atomic E-state index is 11.6. The van der Waals surface area contributed by atoms with Crippen LogP contribution in [-0.4, -0.2) is 23.6 Å². The van der Waals surface area contributed by atoms with E-state index in [0.717, 1.165) is 6.08 Å².